The largest absolute Gasteiger partial charge is 0.513 e. The van der Waals surface area contributed by atoms with Gasteiger partial charge in [-0.05, 0) is 24.4 Å². The molecule has 0 fully saturated rings. The molecule has 0 saturated carbocycles. The van der Waals surface area contributed by atoms with Gasteiger partial charge in [0.25, 0.3) is 0 Å². The highest BCUT2D eigenvalue weighted by Crippen LogP contribution is 2.37. The van der Waals surface area contributed by atoms with Gasteiger partial charge in [-0.3, -0.25) is 0 Å². The molecule has 0 N–H and O–H groups in total. The first-order chi connectivity index (χ1) is 10.2. The first kappa shape index (κ1) is 13.7. The molecule has 3 rings (SSSR count). The predicted octanol–water partition coefficient (Wildman–Crippen LogP) is 5.18. The first-order valence-electron chi connectivity index (χ1n) is 6.65. The zero-order valence-electron chi connectivity index (χ0n) is 11.4. The summed E-state index contributed by atoms with van der Waals surface area (Å²) < 4.78 is 10.3. The molecular formula is C17H13ClO3. The Hall–Kier alpha value is -2.26. The third-order valence-corrected chi connectivity index (χ3v) is 3.58. The van der Waals surface area contributed by atoms with Crippen molar-refractivity contribution in [2.45, 2.75) is 6.92 Å². The first-order valence-corrected chi connectivity index (χ1v) is 7.03. The Morgan fingerprint density at radius 1 is 1.05 bits per heavy atom. The lowest BCUT2D eigenvalue weighted by Crippen LogP contribution is -2.10. The van der Waals surface area contributed by atoms with Gasteiger partial charge in [0, 0.05) is 21.2 Å². The molecule has 0 heterocycles. The van der Waals surface area contributed by atoms with E-state index in [1.54, 1.807) is 6.92 Å². The smallest absolute Gasteiger partial charge is 0.434 e. The highest BCUT2D eigenvalue weighted by Gasteiger charge is 2.14. The predicted molar refractivity (Wildman–Crippen MR) is 84.1 cm³/mol. The number of hydrogen-bond donors (Lipinski definition) is 0. The van der Waals surface area contributed by atoms with E-state index in [1.807, 2.05) is 48.5 Å². The van der Waals surface area contributed by atoms with Crippen molar-refractivity contribution in [2.24, 2.45) is 0 Å². The summed E-state index contributed by atoms with van der Waals surface area (Å²) in [4.78, 5) is 11.7. The summed E-state index contributed by atoms with van der Waals surface area (Å²) in [6, 6.07) is 15.2. The number of rotatable bonds is 2. The van der Waals surface area contributed by atoms with Crippen LogP contribution >= 0.6 is 11.6 Å². The van der Waals surface area contributed by atoms with Crippen molar-refractivity contribution >= 4 is 39.3 Å². The average Bonchev–Trinajstić information content (AvgIpc) is 2.48. The normalized spacial score (nSPS) is 10.8. The van der Waals surface area contributed by atoms with Crippen LogP contribution in [-0.4, -0.2) is 12.8 Å². The molecule has 3 aromatic carbocycles. The van der Waals surface area contributed by atoms with Gasteiger partial charge < -0.3 is 9.47 Å². The summed E-state index contributed by atoms with van der Waals surface area (Å²) in [6.07, 6.45) is -0.713. The molecule has 0 saturated heterocycles. The highest BCUT2D eigenvalue weighted by molar-refractivity contribution is 6.36. The summed E-state index contributed by atoms with van der Waals surface area (Å²) in [7, 11) is 0. The molecule has 0 unspecified atom stereocenters. The van der Waals surface area contributed by atoms with Gasteiger partial charge >= 0.3 is 6.16 Å². The summed E-state index contributed by atoms with van der Waals surface area (Å²) in [5.74, 6) is 0.476. The van der Waals surface area contributed by atoms with Crippen LogP contribution in [0.4, 0.5) is 4.79 Å². The van der Waals surface area contributed by atoms with Crippen LogP contribution in [0.15, 0.2) is 48.5 Å². The Kier molecular flexibility index (Phi) is 3.67. The van der Waals surface area contributed by atoms with Crippen molar-refractivity contribution in [3.8, 4) is 5.75 Å². The molecule has 0 aliphatic rings. The van der Waals surface area contributed by atoms with E-state index in [0.717, 1.165) is 21.5 Å². The molecule has 3 aromatic rings. The molecule has 0 radical (unpaired) electrons. The van der Waals surface area contributed by atoms with Gasteiger partial charge in [0.05, 0.1) is 6.61 Å². The fraction of sp³-hybridized carbons (Fsp3) is 0.118. The Morgan fingerprint density at radius 3 is 2.62 bits per heavy atom. The molecule has 0 aliphatic carbocycles. The lowest BCUT2D eigenvalue weighted by atomic mass is 10.0. The fourth-order valence-corrected chi connectivity index (χ4v) is 2.58. The lowest BCUT2D eigenvalue weighted by Gasteiger charge is -2.12. The highest BCUT2D eigenvalue weighted by atomic mass is 35.5. The zero-order chi connectivity index (χ0) is 14.8. The van der Waals surface area contributed by atoms with E-state index >= 15 is 0 Å². The molecule has 0 aliphatic heterocycles. The Labute approximate surface area is 127 Å². The SMILES string of the molecule is CCOC(=O)Oc1c2ccccc2cc2c(Cl)cccc12. The molecule has 21 heavy (non-hydrogen) atoms. The van der Waals surface area contributed by atoms with Gasteiger partial charge in [-0.15, -0.1) is 0 Å². The number of benzene rings is 3. The van der Waals surface area contributed by atoms with Crippen molar-refractivity contribution in [2.75, 3.05) is 6.61 Å². The van der Waals surface area contributed by atoms with Crippen molar-refractivity contribution in [3.63, 3.8) is 0 Å². The van der Waals surface area contributed by atoms with E-state index in [4.69, 9.17) is 21.1 Å². The maximum absolute atomic E-state index is 11.7. The van der Waals surface area contributed by atoms with Crippen molar-refractivity contribution in [3.05, 3.63) is 53.6 Å². The van der Waals surface area contributed by atoms with Gasteiger partial charge in [-0.2, -0.15) is 0 Å². The Morgan fingerprint density at radius 2 is 1.81 bits per heavy atom. The second kappa shape index (κ2) is 5.62. The van der Waals surface area contributed by atoms with E-state index in [0.29, 0.717) is 10.8 Å². The van der Waals surface area contributed by atoms with Crippen molar-refractivity contribution in [1.29, 1.82) is 0 Å². The second-order valence-corrected chi connectivity index (χ2v) is 4.95. The number of ether oxygens (including phenoxy) is 2. The fourth-order valence-electron chi connectivity index (χ4n) is 2.35. The number of fused-ring (bicyclic) bond motifs is 2. The second-order valence-electron chi connectivity index (χ2n) is 4.55. The van der Waals surface area contributed by atoms with Gasteiger partial charge in [-0.25, -0.2) is 4.79 Å². The molecule has 0 aromatic heterocycles. The summed E-state index contributed by atoms with van der Waals surface area (Å²) in [5.41, 5.74) is 0. The molecule has 0 atom stereocenters. The molecule has 0 amide bonds. The topological polar surface area (TPSA) is 35.5 Å². The van der Waals surface area contributed by atoms with Crippen LogP contribution in [-0.2, 0) is 4.74 Å². The van der Waals surface area contributed by atoms with E-state index in [1.165, 1.54) is 0 Å². The molecule has 106 valence electrons. The van der Waals surface area contributed by atoms with Crippen LogP contribution in [0.25, 0.3) is 21.5 Å². The molecule has 3 nitrogen and oxygen atoms in total. The van der Waals surface area contributed by atoms with E-state index in [9.17, 15) is 4.79 Å². The minimum atomic E-state index is -0.713. The van der Waals surface area contributed by atoms with Crippen LogP contribution in [0.2, 0.25) is 5.02 Å². The lowest BCUT2D eigenvalue weighted by molar-refractivity contribution is 0.105. The molecule has 0 bridgehead atoms. The average molecular weight is 301 g/mol. The van der Waals surface area contributed by atoms with Gasteiger partial charge in [0.1, 0.15) is 5.75 Å². The minimum absolute atomic E-state index is 0.266. The van der Waals surface area contributed by atoms with E-state index in [-0.39, 0.29) is 6.61 Å². The van der Waals surface area contributed by atoms with Crippen LogP contribution in [0.3, 0.4) is 0 Å². The number of carbonyl (C=O) groups excluding carboxylic acids is 1. The maximum Gasteiger partial charge on any atom is 0.513 e. The number of halogens is 1. The van der Waals surface area contributed by atoms with E-state index in [2.05, 4.69) is 0 Å². The number of carbonyl (C=O) groups is 1. The zero-order valence-corrected chi connectivity index (χ0v) is 12.2. The summed E-state index contributed by atoms with van der Waals surface area (Å²) >= 11 is 6.26. The molecule has 0 spiro atoms. The van der Waals surface area contributed by atoms with Crippen molar-refractivity contribution in [1.82, 2.24) is 0 Å². The summed E-state index contributed by atoms with van der Waals surface area (Å²) in [6.45, 7) is 2.00. The third-order valence-electron chi connectivity index (χ3n) is 3.25. The molecule has 4 heteroatoms. The quantitative estimate of drug-likeness (QED) is 0.371. The minimum Gasteiger partial charge on any atom is -0.434 e. The van der Waals surface area contributed by atoms with Crippen LogP contribution in [0.5, 0.6) is 5.75 Å². The van der Waals surface area contributed by atoms with Crippen LogP contribution in [0.1, 0.15) is 6.92 Å². The van der Waals surface area contributed by atoms with Gasteiger partial charge in [-0.1, -0.05) is 48.0 Å². The molecular weight excluding hydrogens is 288 g/mol. The monoisotopic (exact) mass is 300 g/mol. The maximum atomic E-state index is 11.7. The van der Waals surface area contributed by atoms with Gasteiger partial charge in [0.2, 0.25) is 0 Å². The third kappa shape index (κ3) is 2.52. The van der Waals surface area contributed by atoms with Crippen LogP contribution in [0, 0.1) is 0 Å². The summed E-state index contributed by atoms with van der Waals surface area (Å²) in [5, 5.41) is 4.05. The number of hydrogen-bond acceptors (Lipinski definition) is 3. The Balaban J connectivity index is 2.30. The standard InChI is InChI=1S/C17H13ClO3/c1-2-20-17(19)21-16-12-7-4-3-6-11(12)10-14-13(16)8-5-9-15(14)18/h3-10H,2H2,1H3. The Bertz CT molecular complexity index is 827. The van der Waals surface area contributed by atoms with Crippen molar-refractivity contribution < 1.29 is 14.3 Å². The van der Waals surface area contributed by atoms with Crippen LogP contribution < -0.4 is 4.74 Å². The van der Waals surface area contributed by atoms with E-state index < -0.39 is 6.16 Å². The van der Waals surface area contributed by atoms with Gasteiger partial charge in [0.15, 0.2) is 0 Å².